The van der Waals surface area contributed by atoms with Gasteiger partial charge in [0.2, 0.25) is 0 Å². The Morgan fingerprint density at radius 3 is 2.33 bits per heavy atom. The Morgan fingerprint density at radius 2 is 1.87 bits per heavy atom. The third kappa shape index (κ3) is 3.07. The molecule has 1 aromatic rings. The maximum atomic E-state index is 3.92. The van der Waals surface area contributed by atoms with E-state index in [-0.39, 0.29) is 0 Å². The zero-order chi connectivity index (χ0) is 11.4. The fraction of sp³-hybridized carbons (Fsp3) is 0.231. The second-order valence-corrected chi connectivity index (χ2v) is 5.16. The molecule has 0 aliphatic carbocycles. The third-order valence-electron chi connectivity index (χ3n) is 2.32. The SMILES string of the molecule is C=NC(C)=C[C](=[W])c1c(C)cccc1C. The van der Waals surface area contributed by atoms with Crippen LogP contribution >= 0.6 is 0 Å². The number of hydrogen-bond donors (Lipinski definition) is 0. The van der Waals surface area contributed by atoms with Crippen molar-refractivity contribution in [1.82, 2.24) is 0 Å². The Hall–Kier alpha value is -0.812. The van der Waals surface area contributed by atoms with Crippen LogP contribution < -0.4 is 0 Å². The van der Waals surface area contributed by atoms with Gasteiger partial charge in [-0.3, -0.25) is 0 Å². The molecule has 0 aliphatic heterocycles. The van der Waals surface area contributed by atoms with Crippen molar-refractivity contribution >= 4 is 10.6 Å². The second-order valence-electron chi connectivity index (χ2n) is 3.57. The molecule has 78 valence electrons. The van der Waals surface area contributed by atoms with E-state index in [0.717, 1.165) is 5.70 Å². The summed E-state index contributed by atoms with van der Waals surface area (Å²) in [5.41, 5.74) is 4.99. The number of aryl methyl sites for hydroxylation is 2. The molecule has 0 saturated heterocycles. The molecule has 0 N–H and O–H groups in total. The molecule has 0 atom stereocenters. The molecule has 0 unspecified atom stereocenters. The first-order valence-electron chi connectivity index (χ1n) is 4.82. The summed E-state index contributed by atoms with van der Waals surface area (Å²) in [6.07, 6.45) is 2.11. The van der Waals surface area contributed by atoms with Crippen molar-refractivity contribution in [2.45, 2.75) is 20.8 Å². The van der Waals surface area contributed by atoms with Gasteiger partial charge in [-0.25, -0.2) is 0 Å². The molecule has 0 amide bonds. The van der Waals surface area contributed by atoms with Crippen molar-refractivity contribution in [3.05, 3.63) is 46.7 Å². The zero-order valence-electron chi connectivity index (χ0n) is 9.37. The average Bonchev–Trinajstić information content (AvgIpc) is 2.17. The van der Waals surface area contributed by atoms with E-state index in [4.69, 9.17) is 0 Å². The predicted octanol–water partition coefficient (Wildman–Crippen LogP) is 2.98. The van der Waals surface area contributed by atoms with E-state index >= 15 is 0 Å². The number of benzene rings is 1. The Balaban J connectivity index is 3.17. The summed E-state index contributed by atoms with van der Waals surface area (Å²) in [7, 11) is 0. The number of allylic oxidation sites excluding steroid dienone is 2. The van der Waals surface area contributed by atoms with Crippen LogP contribution in [0.15, 0.2) is 35.0 Å². The van der Waals surface area contributed by atoms with E-state index in [1.165, 1.54) is 39.9 Å². The first-order chi connectivity index (χ1) is 7.06. The van der Waals surface area contributed by atoms with Crippen molar-refractivity contribution < 1.29 is 19.4 Å². The summed E-state index contributed by atoms with van der Waals surface area (Å²) < 4.78 is 1.33. The van der Waals surface area contributed by atoms with Gasteiger partial charge in [0.25, 0.3) is 0 Å². The summed E-state index contributed by atoms with van der Waals surface area (Å²) in [6, 6.07) is 6.39. The molecule has 2 heteroatoms. The van der Waals surface area contributed by atoms with Crippen molar-refractivity contribution in [1.29, 1.82) is 0 Å². The molecule has 0 fully saturated rings. The van der Waals surface area contributed by atoms with Gasteiger partial charge in [0, 0.05) is 0 Å². The topological polar surface area (TPSA) is 12.4 Å². The third-order valence-corrected chi connectivity index (χ3v) is 3.47. The molecule has 1 nitrogen and oxygen atoms in total. The number of hydrogen-bond acceptors (Lipinski definition) is 1. The zero-order valence-corrected chi connectivity index (χ0v) is 12.3. The molecule has 0 aromatic heterocycles. The molecule has 0 saturated carbocycles. The van der Waals surface area contributed by atoms with Crippen LogP contribution in [0.4, 0.5) is 0 Å². The van der Waals surface area contributed by atoms with E-state index in [1.54, 1.807) is 0 Å². The molecule has 1 rings (SSSR count). The van der Waals surface area contributed by atoms with Crippen molar-refractivity contribution in [2.24, 2.45) is 4.99 Å². The minimum absolute atomic E-state index is 0.975. The molecule has 0 spiro atoms. The van der Waals surface area contributed by atoms with Crippen molar-refractivity contribution in [2.75, 3.05) is 0 Å². The predicted molar refractivity (Wildman–Crippen MR) is 63.3 cm³/mol. The standard InChI is InChI=1S/C13H15N.W/c1-10-6-5-7-11(2)13(10)9-8-12(3)14-4;/h5-8H,4H2,1-3H3;. The first-order valence-corrected chi connectivity index (χ1v) is 6.28. The molecule has 1 aromatic carbocycles. The molecular weight excluding hydrogens is 354 g/mol. The number of aliphatic imine (C=N–C) groups is 1. The quantitative estimate of drug-likeness (QED) is 0.727. The van der Waals surface area contributed by atoms with Crippen LogP contribution in [0.5, 0.6) is 0 Å². The van der Waals surface area contributed by atoms with Crippen LogP contribution in [-0.4, -0.2) is 10.6 Å². The van der Waals surface area contributed by atoms with E-state index in [2.05, 4.69) is 49.8 Å². The molecule has 0 heterocycles. The summed E-state index contributed by atoms with van der Waals surface area (Å²) in [5, 5.41) is 0. The van der Waals surface area contributed by atoms with Crippen LogP contribution in [0.2, 0.25) is 0 Å². The normalized spacial score (nSPS) is 11.3. The van der Waals surface area contributed by atoms with Gasteiger partial charge in [-0.2, -0.15) is 0 Å². The van der Waals surface area contributed by atoms with Gasteiger partial charge in [-0.1, -0.05) is 0 Å². The summed E-state index contributed by atoms with van der Waals surface area (Å²) in [6.45, 7) is 9.80. The van der Waals surface area contributed by atoms with E-state index < -0.39 is 0 Å². The summed E-state index contributed by atoms with van der Waals surface area (Å²) in [5.74, 6) is 0. The average molecular weight is 369 g/mol. The van der Waals surface area contributed by atoms with Gasteiger partial charge < -0.3 is 0 Å². The Kier molecular flexibility index (Phi) is 4.35. The fourth-order valence-corrected chi connectivity index (χ4v) is 3.28. The fourth-order valence-electron chi connectivity index (χ4n) is 1.51. The molecular formula is C13H15NW. The minimum atomic E-state index is 0.975. The number of nitrogens with zero attached hydrogens (tertiary/aromatic N) is 1. The van der Waals surface area contributed by atoms with Gasteiger partial charge in [0.1, 0.15) is 0 Å². The van der Waals surface area contributed by atoms with E-state index in [1.807, 2.05) is 6.92 Å². The molecule has 0 aliphatic rings. The summed E-state index contributed by atoms with van der Waals surface area (Å²) >= 11 is 1.46. The Bertz CT molecular complexity index is 410. The summed E-state index contributed by atoms with van der Waals surface area (Å²) in [4.78, 5) is 3.92. The Morgan fingerprint density at radius 1 is 1.33 bits per heavy atom. The molecule has 15 heavy (non-hydrogen) atoms. The monoisotopic (exact) mass is 369 g/mol. The molecule has 0 radical (unpaired) electrons. The van der Waals surface area contributed by atoms with Crippen LogP contribution in [0.25, 0.3) is 0 Å². The number of rotatable bonds is 3. The first kappa shape index (κ1) is 12.3. The van der Waals surface area contributed by atoms with Crippen LogP contribution in [-0.2, 0) is 19.4 Å². The van der Waals surface area contributed by atoms with Gasteiger partial charge >= 0.3 is 102 Å². The van der Waals surface area contributed by atoms with Gasteiger partial charge in [0.05, 0.1) is 0 Å². The molecule has 0 bridgehead atoms. The van der Waals surface area contributed by atoms with Crippen LogP contribution in [0.3, 0.4) is 0 Å². The van der Waals surface area contributed by atoms with Gasteiger partial charge in [-0.15, -0.1) is 0 Å². The van der Waals surface area contributed by atoms with E-state index in [9.17, 15) is 0 Å². The van der Waals surface area contributed by atoms with Gasteiger partial charge in [0.15, 0.2) is 0 Å². The van der Waals surface area contributed by atoms with Crippen molar-refractivity contribution in [3.63, 3.8) is 0 Å². The van der Waals surface area contributed by atoms with Gasteiger partial charge in [-0.05, 0) is 0 Å². The Labute approximate surface area is 102 Å². The van der Waals surface area contributed by atoms with Crippen LogP contribution in [0, 0.1) is 13.8 Å². The van der Waals surface area contributed by atoms with Crippen molar-refractivity contribution in [3.8, 4) is 0 Å². The van der Waals surface area contributed by atoms with E-state index in [0.29, 0.717) is 0 Å². The second kappa shape index (κ2) is 5.32. The van der Waals surface area contributed by atoms with Crippen LogP contribution in [0.1, 0.15) is 23.6 Å². The maximum absolute atomic E-state index is 3.92.